The Morgan fingerprint density at radius 2 is 2.00 bits per heavy atom. The number of rotatable bonds is 6. The monoisotopic (exact) mass is 346 g/mol. The highest BCUT2D eigenvalue weighted by Crippen LogP contribution is 2.32. The molecule has 134 valence electrons. The summed E-state index contributed by atoms with van der Waals surface area (Å²) < 4.78 is 11.3. The molecule has 1 aliphatic heterocycles. The lowest BCUT2D eigenvalue weighted by Crippen LogP contribution is -2.33. The van der Waals surface area contributed by atoms with Crippen LogP contribution < -0.4 is 20.1 Å². The molecule has 0 spiro atoms. The molecule has 0 unspecified atom stereocenters. The maximum absolute atomic E-state index is 12.4. The molecule has 0 aromatic heterocycles. The maximum Gasteiger partial charge on any atom is 0.251 e. The molecule has 7 heteroatoms. The van der Waals surface area contributed by atoms with Crippen molar-refractivity contribution in [1.82, 2.24) is 10.6 Å². The first-order chi connectivity index (χ1) is 12.1. The zero-order chi connectivity index (χ0) is 17.8. The van der Waals surface area contributed by atoms with E-state index >= 15 is 0 Å². The number of ether oxygens (including phenoxy) is 2. The smallest absolute Gasteiger partial charge is 0.251 e. The molecule has 1 aromatic rings. The second kappa shape index (κ2) is 7.55. The molecule has 25 heavy (non-hydrogen) atoms. The minimum atomic E-state index is -0.510. The van der Waals surface area contributed by atoms with Crippen molar-refractivity contribution in [2.45, 2.75) is 38.2 Å². The summed E-state index contributed by atoms with van der Waals surface area (Å²) >= 11 is 0. The quantitative estimate of drug-likeness (QED) is 0.760. The minimum absolute atomic E-state index is 0.109. The number of imide groups is 1. The molecule has 2 aliphatic rings. The summed E-state index contributed by atoms with van der Waals surface area (Å²) in [5, 5.41) is 4.93. The lowest BCUT2D eigenvalue weighted by Gasteiger charge is -2.17. The summed E-state index contributed by atoms with van der Waals surface area (Å²) in [6.07, 6.45) is 4.57. The first-order valence-corrected chi connectivity index (χ1v) is 8.53. The molecule has 1 heterocycles. The summed E-state index contributed by atoms with van der Waals surface area (Å²) in [6, 6.07) is 5.01. The van der Waals surface area contributed by atoms with Gasteiger partial charge in [0.25, 0.3) is 5.91 Å². The number of hydrogen-bond donors (Lipinski definition) is 2. The second-order valence-electron chi connectivity index (χ2n) is 6.41. The Kier molecular flexibility index (Phi) is 5.21. The van der Waals surface area contributed by atoms with Gasteiger partial charge in [-0.25, -0.2) is 0 Å². The van der Waals surface area contributed by atoms with Crippen LogP contribution in [0.5, 0.6) is 11.5 Å². The Bertz CT molecular complexity index is 682. The van der Waals surface area contributed by atoms with Gasteiger partial charge in [0.1, 0.15) is 0 Å². The van der Waals surface area contributed by atoms with Gasteiger partial charge in [0, 0.05) is 18.5 Å². The molecule has 1 atom stereocenters. The van der Waals surface area contributed by atoms with E-state index < -0.39 is 5.92 Å². The summed E-state index contributed by atoms with van der Waals surface area (Å²) in [7, 11) is 1.56. The van der Waals surface area contributed by atoms with Gasteiger partial charge >= 0.3 is 0 Å². The van der Waals surface area contributed by atoms with E-state index in [2.05, 4.69) is 10.6 Å². The summed E-state index contributed by atoms with van der Waals surface area (Å²) in [4.78, 5) is 35.1. The Hall–Kier alpha value is -2.57. The number of carbonyl (C=O) groups is 3. The van der Waals surface area contributed by atoms with Crippen LogP contribution in [0.4, 0.5) is 0 Å². The van der Waals surface area contributed by atoms with Crippen molar-refractivity contribution in [3.8, 4) is 11.5 Å². The number of nitrogens with one attached hydrogen (secondary N) is 2. The summed E-state index contributed by atoms with van der Waals surface area (Å²) in [6.45, 7) is 0.126. The van der Waals surface area contributed by atoms with Crippen molar-refractivity contribution < 1.29 is 23.9 Å². The van der Waals surface area contributed by atoms with E-state index in [0.717, 1.165) is 25.7 Å². The average Bonchev–Trinajstić information content (AvgIpc) is 3.21. The molecule has 2 fully saturated rings. The van der Waals surface area contributed by atoms with Gasteiger partial charge in [0.2, 0.25) is 11.8 Å². The third kappa shape index (κ3) is 4.10. The highest BCUT2D eigenvalue weighted by atomic mass is 16.5. The third-order valence-corrected chi connectivity index (χ3v) is 4.60. The SMILES string of the molecule is COc1ccc(C(=O)NC[C@@H]2CC(=O)NC2=O)cc1OC1CCCC1. The number of methoxy groups -OCH3 is 1. The lowest BCUT2D eigenvalue weighted by atomic mass is 10.1. The van der Waals surface area contributed by atoms with Crippen molar-refractivity contribution in [1.29, 1.82) is 0 Å². The van der Waals surface area contributed by atoms with Crippen LogP contribution in [0.15, 0.2) is 18.2 Å². The normalized spacial score (nSPS) is 20.4. The molecule has 3 rings (SSSR count). The fraction of sp³-hybridized carbons (Fsp3) is 0.500. The number of benzene rings is 1. The van der Waals surface area contributed by atoms with Gasteiger partial charge in [-0.1, -0.05) is 0 Å². The standard InChI is InChI=1S/C18H22N2O5/c1-24-14-7-6-11(8-15(14)25-13-4-2-3-5-13)17(22)19-10-12-9-16(21)20-18(12)23/h6-8,12-13H,2-5,9-10H2,1H3,(H,19,22)(H,20,21,23)/t12-/m0/s1. The van der Waals surface area contributed by atoms with Gasteiger partial charge < -0.3 is 14.8 Å². The molecule has 0 radical (unpaired) electrons. The fourth-order valence-corrected chi connectivity index (χ4v) is 3.19. The van der Waals surface area contributed by atoms with Crippen LogP contribution in [-0.4, -0.2) is 37.5 Å². The van der Waals surface area contributed by atoms with Crippen LogP contribution in [0.1, 0.15) is 42.5 Å². The van der Waals surface area contributed by atoms with E-state index in [1.54, 1.807) is 25.3 Å². The van der Waals surface area contributed by atoms with Gasteiger partial charge in [-0.2, -0.15) is 0 Å². The van der Waals surface area contributed by atoms with Gasteiger partial charge in [0.05, 0.1) is 19.1 Å². The molecule has 1 saturated carbocycles. The van der Waals surface area contributed by atoms with E-state index in [9.17, 15) is 14.4 Å². The zero-order valence-corrected chi connectivity index (χ0v) is 14.2. The number of carbonyl (C=O) groups excluding carboxylic acids is 3. The van der Waals surface area contributed by atoms with E-state index in [0.29, 0.717) is 17.1 Å². The van der Waals surface area contributed by atoms with E-state index in [-0.39, 0.29) is 36.8 Å². The van der Waals surface area contributed by atoms with Crippen LogP contribution >= 0.6 is 0 Å². The highest BCUT2D eigenvalue weighted by Gasteiger charge is 2.30. The molecule has 7 nitrogen and oxygen atoms in total. The Labute approximate surface area is 146 Å². The van der Waals surface area contributed by atoms with Gasteiger partial charge in [-0.3, -0.25) is 19.7 Å². The van der Waals surface area contributed by atoms with Crippen LogP contribution in [0, 0.1) is 5.92 Å². The molecule has 2 N–H and O–H groups in total. The molecular weight excluding hydrogens is 324 g/mol. The molecular formula is C18H22N2O5. The number of hydrogen-bond acceptors (Lipinski definition) is 5. The van der Waals surface area contributed by atoms with Crippen LogP contribution in [0.3, 0.4) is 0 Å². The second-order valence-corrected chi connectivity index (χ2v) is 6.41. The van der Waals surface area contributed by atoms with Gasteiger partial charge in [-0.05, 0) is 43.9 Å². The highest BCUT2D eigenvalue weighted by molar-refractivity contribution is 6.04. The Balaban J connectivity index is 1.65. The first-order valence-electron chi connectivity index (χ1n) is 8.53. The molecule has 3 amide bonds. The molecule has 1 aromatic carbocycles. The van der Waals surface area contributed by atoms with Crippen LogP contribution in [0.25, 0.3) is 0 Å². The first kappa shape index (κ1) is 17.3. The van der Waals surface area contributed by atoms with Crippen molar-refractivity contribution in [2.75, 3.05) is 13.7 Å². The Morgan fingerprint density at radius 1 is 1.24 bits per heavy atom. The molecule has 1 saturated heterocycles. The minimum Gasteiger partial charge on any atom is -0.493 e. The summed E-state index contributed by atoms with van der Waals surface area (Å²) in [5.41, 5.74) is 0.429. The van der Waals surface area contributed by atoms with Crippen LogP contribution in [-0.2, 0) is 9.59 Å². The fourth-order valence-electron chi connectivity index (χ4n) is 3.19. The van der Waals surface area contributed by atoms with E-state index in [4.69, 9.17) is 9.47 Å². The molecule has 0 bridgehead atoms. The van der Waals surface area contributed by atoms with Crippen molar-refractivity contribution in [3.63, 3.8) is 0 Å². The Morgan fingerprint density at radius 3 is 2.64 bits per heavy atom. The zero-order valence-electron chi connectivity index (χ0n) is 14.2. The van der Waals surface area contributed by atoms with Crippen molar-refractivity contribution >= 4 is 17.7 Å². The topological polar surface area (TPSA) is 93.7 Å². The van der Waals surface area contributed by atoms with E-state index in [1.165, 1.54) is 0 Å². The van der Waals surface area contributed by atoms with Crippen molar-refractivity contribution in [2.24, 2.45) is 5.92 Å². The van der Waals surface area contributed by atoms with E-state index in [1.807, 2.05) is 0 Å². The summed E-state index contributed by atoms with van der Waals surface area (Å²) in [5.74, 6) is -0.332. The maximum atomic E-state index is 12.4. The van der Waals surface area contributed by atoms with Crippen molar-refractivity contribution in [3.05, 3.63) is 23.8 Å². The van der Waals surface area contributed by atoms with Crippen LogP contribution in [0.2, 0.25) is 0 Å². The predicted molar refractivity (Wildman–Crippen MR) is 89.5 cm³/mol. The predicted octanol–water partition coefficient (Wildman–Crippen LogP) is 1.41. The van der Waals surface area contributed by atoms with Gasteiger partial charge in [0.15, 0.2) is 11.5 Å². The number of amides is 3. The molecule has 1 aliphatic carbocycles. The lowest BCUT2D eigenvalue weighted by molar-refractivity contribution is -0.125. The third-order valence-electron chi connectivity index (χ3n) is 4.60. The van der Waals surface area contributed by atoms with Gasteiger partial charge in [-0.15, -0.1) is 0 Å². The largest absolute Gasteiger partial charge is 0.493 e. The average molecular weight is 346 g/mol.